The monoisotopic (exact) mass is 364 g/mol. The number of rotatable bonds is 2. The summed E-state index contributed by atoms with van der Waals surface area (Å²) in [6.07, 6.45) is 2.06. The van der Waals surface area contributed by atoms with Crippen molar-refractivity contribution in [3.05, 3.63) is 54.2 Å². The summed E-state index contributed by atoms with van der Waals surface area (Å²) in [6, 6.07) is 14.1. The third-order valence-corrected chi connectivity index (χ3v) is 3.15. The number of aryl methyl sites for hydroxylation is 1. The van der Waals surface area contributed by atoms with Gasteiger partial charge in [0.25, 0.3) is 5.82 Å². The second kappa shape index (κ2) is 7.68. The molecule has 3 rings (SSSR count). The van der Waals surface area contributed by atoms with Crippen LogP contribution in [0.2, 0.25) is 0 Å². The topological polar surface area (TPSA) is 125 Å². The number of halogens is 1. The Morgan fingerprint density at radius 1 is 0.920 bits per heavy atom. The number of anilines is 1. The SMILES string of the molecule is Cc1ccc2nc(-c3ccccc3)nc(N(C)C)[n+]2c1.[O-][Cl+3]([O-])([O-])[O-]. The smallest absolute Gasteiger partial charge is 0.286 e. The highest BCUT2D eigenvalue weighted by Gasteiger charge is 2.18. The molecule has 0 aliphatic rings. The Kier molecular flexibility index (Phi) is 5.83. The van der Waals surface area contributed by atoms with Gasteiger partial charge < -0.3 is 0 Å². The van der Waals surface area contributed by atoms with Gasteiger partial charge in [-0.25, -0.2) is 18.6 Å². The average Bonchev–Trinajstić information content (AvgIpc) is 2.53. The highest BCUT2D eigenvalue weighted by molar-refractivity contribution is 5.57. The lowest BCUT2D eigenvalue weighted by Gasteiger charge is -2.17. The van der Waals surface area contributed by atoms with Crippen molar-refractivity contribution in [1.82, 2.24) is 9.97 Å². The summed E-state index contributed by atoms with van der Waals surface area (Å²) in [7, 11) is -0.961. The molecule has 0 bridgehead atoms. The molecule has 0 radical (unpaired) electrons. The molecule has 0 unspecified atom stereocenters. The molecule has 0 fully saturated rings. The molecule has 0 aliphatic heterocycles. The third kappa shape index (κ3) is 5.59. The standard InChI is InChI=1S/C16H17N4.ClHO4/c1-12-9-10-14-17-15(13-7-5-4-6-8-13)18-16(19(2)3)20(14)11-12;2-1(3,4)5/h4-11H,1-3H3;(H,2,3,4,5)/q+1;/p-1. The minimum Gasteiger partial charge on any atom is -0.286 e. The fourth-order valence-corrected chi connectivity index (χ4v) is 2.16. The quantitative estimate of drug-likeness (QED) is 0.460. The van der Waals surface area contributed by atoms with Gasteiger partial charge in [0, 0.05) is 25.7 Å². The van der Waals surface area contributed by atoms with Gasteiger partial charge in [-0.05, 0) is 24.6 Å². The van der Waals surface area contributed by atoms with E-state index in [0.29, 0.717) is 0 Å². The lowest BCUT2D eigenvalue weighted by atomic mass is 10.2. The Bertz CT molecular complexity index is 848. The molecular formula is C16H17ClN4O4. The zero-order valence-electron chi connectivity index (χ0n) is 13.9. The van der Waals surface area contributed by atoms with E-state index in [1.807, 2.05) is 59.8 Å². The highest BCUT2D eigenvalue weighted by atomic mass is 35.7. The van der Waals surface area contributed by atoms with Crippen molar-refractivity contribution < 1.29 is 33.3 Å². The Morgan fingerprint density at radius 2 is 1.52 bits per heavy atom. The molecule has 25 heavy (non-hydrogen) atoms. The molecule has 0 amide bonds. The van der Waals surface area contributed by atoms with Crippen LogP contribution in [0, 0.1) is 17.2 Å². The molecular weight excluding hydrogens is 348 g/mol. The Balaban J connectivity index is 0.000000399. The molecule has 3 aromatic rings. The van der Waals surface area contributed by atoms with Gasteiger partial charge in [-0.2, -0.15) is 4.40 Å². The minimum atomic E-state index is -4.94. The summed E-state index contributed by atoms with van der Waals surface area (Å²) in [5.74, 6) is 1.62. The van der Waals surface area contributed by atoms with Crippen molar-refractivity contribution in [3.8, 4) is 11.4 Å². The van der Waals surface area contributed by atoms with E-state index >= 15 is 0 Å². The molecule has 8 nitrogen and oxygen atoms in total. The van der Waals surface area contributed by atoms with Gasteiger partial charge in [0.1, 0.15) is 0 Å². The summed E-state index contributed by atoms with van der Waals surface area (Å²) < 4.78 is 36.0. The van der Waals surface area contributed by atoms with Crippen LogP contribution in [0.1, 0.15) is 5.56 Å². The zero-order chi connectivity index (χ0) is 18.6. The first-order valence-electron chi connectivity index (χ1n) is 7.20. The normalized spacial score (nSPS) is 11.0. The Labute approximate surface area is 147 Å². The van der Waals surface area contributed by atoms with Crippen molar-refractivity contribution in [2.75, 3.05) is 19.0 Å². The van der Waals surface area contributed by atoms with Gasteiger partial charge in [0.2, 0.25) is 5.65 Å². The third-order valence-electron chi connectivity index (χ3n) is 3.15. The number of pyridine rings is 1. The summed E-state index contributed by atoms with van der Waals surface area (Å²) in [4.78, 5) is 11.3. The maximum atomic E-state index is 8.49. The lowest BCUT2D eigenvalue weighted by molar-refractivity contribution is -2.00. The van der Waals surface area contributed by atoms with E-state index in [1.165, 1.54) is 5.56 Å². The van der Waals surface area contributed by atoms with Gasteiger partial charge in [0.15, 0.2) is 0 Å². The molecule has 2 aromatic heterocycles. The molecule has 9 heteroatoms. The van der Waals surface area contributed by atoms with Crippen LogP contribution in [0.15, 0.2) is 48.7 Å². The van der Waals surface area contributed by atoms with Crippen LogP contribution in [-0.2, 0) is 0 Å². The maximum Gasteiger partial charge on any atom is 0.357 e. The molecule has 1 aromatic carbocycles. The Hall–Kier alpha value is -2.36. The van der Waals surface area contributed by atoms with Crippen LogP contribution in [0.5, 0.6) is 0 Å². The molecule has 0 N–H and O–H groups in total. The van der Waals surface area contributed by atoms with Crippen LogP contribution in [0.25, 0.3) is 17.0 Å². The number of benzene rings is 1. The van der Waals surface area contributed by atoms with Crippen LogP contribution in [0.4, 0.5) is 5.95 Å². The highest BCUT2D eigenvalue weighted by Crippen LogP contribution is 2.16. The van der Waals surface area contributed by atoms with E-state index < -0.39 is 10.2 Å². The summed E-state index contributed by atoms with van der Waals surface area (Å²) >= 11 is 0. The largest absolute Gasteiger partial charge is 0.357 e. The first-order valence-corrected chi connectivity index (χ1v) is 8.43. The number of hydrogen-bond donors (Lipinski definition) is 0. The van der Waals surface area contributed by atoms with E-state index in [2.05, 4.69) is 29.2 Å². The van der Waals surface area contributed by atoms with E-state index in [0.717, 1.165) is 23.0 Å². The predicted octanol–water partition coefficient (Wildman–Crippen LogP) is -2.50. The molecule has 132 valence electrons. The van der Waals surface area contributed by atoms with Crippen LogP contribution >= 0.6 is 0 Å². The average molecular weight is 365 g/mol. The molecule has 2 heterocycles. The van der Waals surface area contributed by atoms with Gasteiger partial charge in [-0.3, -0.25) is 4.90 Å². The fourth-order valence-electron chi connectivity index (χ4n) is 2.16. The van der Waals surface area contributed by atoms with Crippen LogP contribution in [-0.4, -0.2) is 24.1 Å². The van der Waals surface area contributed by atoms with Gasteiger partial charge in [0.05, 0.1) is 6.20 Å². The molecule has 0 saturated carbocycles. The van der Waals surface area contributed by atoms with E-state index in [9.17, 15) is 0 Å². The fraction of sp³-hybridized carbons (Fsp3) is 0.188. The molecule has 0 atom stereocenters. The van der Waals surface area contributed by atoms with E-state index in [-0.39, 0.29) is 0 Å². The lowest BCUT2D eigenvalue weighted by Crippen LogP contribution is -2.68. The molecule has 0 saturated heterocycles. The second-order valence-corrected chi connectivity index (χ2v) is 6.18. The van der Waals surface area contributed by atoms with Gasteiger partial charge >= 0.3 is 5.95 Å². The van der Waals surface area contributed by atoms with Crippen molar-refractivity contribution in [1.29, 1.82) is 0 Å². The number of hydrogen-bond acceptors (Lipinski definition) is 7. The van der Waals surface area contributed by atoms with Crippen molar-refractivity contribution >= 4 is 11.6 Å². The number of fused-ring (bicyclic) bond motifs is 1. The predicted molar refractivity (Wildman–Crippen MR) is 79.7 cm³/mol. The maximum absolute atomic E-state index is 8.49. The second-order valence-electron chi connectivity index (χ2n) is 5.42. The van der Waals surface area contributed by atoms with Crippen LogP contribution in [0.3, 0.4) is 0 Å². The first-order chi connectivity index (χ1) is 11.6. The van der Waals surface area contributed by atoms with E-state index in [1.54, 1.807) is 0 Å². The molecule has 0 spiro atoms. The summed E-state index contributed by atoms with van der Waals surface area (Å²) in [5, 5.41) is 0. The van der Waals surface area contributed by atoms with Gasteiger partial charge in [-0.1, -0.05) is 29.2 Å². The van der Waals surface area contributed by atoms with E-state index in [4.69, 9.17) is 18.6 Å². The van der Waals surface area contributed by atoms with Crippen molar-refractivity contribution in [2.45, 2.75) is 6.92 Å². The van der Waals surface area contributed by atoms with Crippen molar-refractivity contribution in [2.24, 2.45) is 0 Å². The van der Waals surface area contributed by atoms with Crippen LogP contribution < -0.4 is 27.9 Å². The molecule has 0 aliphatic carbocycles. The number of nitrogens with zero attached hydrogens (tertiary/aromatic N) is 4. The Morgan fingerprint density at radius 3 is 2.08 bits per heavy atom. The summed E-state index contributed by atoms with van der Waals surface area (Å²) in [5.41, 5.74) is 3.11. The minimum absolute atomic E-state index is 0.748. The van der Waals surface area contributed by atoms with Gasteiger partial charge in [-0.15, -0.1) is 15.2 Å². The number of aromatic nitrogens is 3. The summed E-state index contributed by atoms with van der Waals surface area (Å²) in [6.45, 7) is 2.07. The van der Waals surface area contributed by atoms with Crippen molar-refractivity contribution in [3.63, 3.8) is 0 Å². The zero-order valence-corrected chi connectivity index (χ0v) is 14.7. The first kappa shape index (κ1) is 19.0.